The van der Waals surface area contributed by atoms with E-state index in [0.717, 1.165) is 69.1 Å². The smallest absolute Gasteiger partial charge is 0.311 e. The normalized spacial score (nSPS) is 42.9. The highest BCUT2D eigenvalue weighted by molar-refractivity contribution is 5.97. The predicted octanol–water partition coefficient (Wildman–Crippen LogP) is 9.24. The van der Waals surface area contributed by atoms with E-state index in [4.69, 9.17) is 9.57 Å². The average molecular weight is 620 g/mol. The van der Waals surface area contributed by atoms with Crippen molar-refractivity contribution in [3.63, 3.8) is 0 Å². The van der Waals surface area contributed by atoms with Crippen LogP contribution in [0.4, 0.5) is 4.39 Å². The van der Waals surface area contributed by atoms with Crippen LogP contribution in [0, 0.1) is 56.1 Å². The molecule has 1 aromatic rings. The number of allylic oxidation sites excluding steroid dienone is 2. The number of hydrogen-bond donors (Lipinski definition) is 0. The summed E-state index contributed by atoms with van der Waals surface area (Å²) in [5.74, 6) is 0.389. The minimum atomic E-state index is -0.510. The van der Waals surface area contributed by atoms with E-state index >= 15 is 0 Å². The van der Waals surface area contributed by atoms with Crippen LogP contribution in [0.25, 0.3) is 0 Å². The van der Waals surface area contributed by atoms with Crippen molar-refractivity contribution < 1.29 is 23.6 Å². The third kappa shape index (κ3) is 4.77. The number of carbonyl (C=O) groups is 2. The molecule has 0 aromatic heterocycles. The van der Waals surface area contributed by atoms with E-state index in [1.807, 2.05) is 13.0 Å². The maximum Gasteiger partial charge on any atom is 0.311 e. The number of nitrogens with zero attached hydrogens (tertiary/aromatic N) is 1. The van der Waals surface area contributed by atoms with Crippen LogP contribution in [0.5, 0.6) is 0 Å². The molecule has 0 unspecified atom stereocenters. The Bertz CT molecular complexity index is 1450. The predicted molar refractivity (Wildman–Crippen MR) is 175 cm³/mol. The van der Waals surface area contributed by atoms with Crippen LogP contribution in [0.15, 0.2) is 41.1 Å². The first-order chi connectivity index (χ1) is 21.0. The topological polar surface area (TPSA) is 65.0 Å². The maximum atomic E-state index is 14.7. The Kier molecular flexibility index (Phi) is 7.76. The summed E-state index contributed by atoms with van der Waals surface area (Å²) in [6, 6.07) is 6.46. The molecule has 0 heterocycles. The van der Waals surface area contributed by atoms with Crippen molar-refractivity contribution in [2.45, 2.75) is 120 Å². The van der Waals surface area contributed by atoms with E-state index in [-0.39, 0.29) is 57.3 Å². The van der Waals surface area contributed by atoms with Crippen molar-refractivity contribution in [1.29, 1.82) is 0 Å². The van der Waals surface area contributed by atoms with Crippen molar-refractivity contribution in [3.05, 3.63) is 47.3 Å². The standard InChI is InChI=1S/C39H54FNO4/c1-9-44-33(43)36(5)18-17-35(4)19-20-38(7)27(28(35)23-36)22-29(42)32-37(6)15-14-31(34(2,3)30(37)13-16-39(32,38)8)41-45-24-25-11-10-12-26(40)21-25/h10-12,21-22,28,30,32H,9,13-20,23-24H2,1-8H3/b41-31+/t28-,30-,32+,35+,36-,37-,38+,39+/m0/s1. The molecule has 0 bridgehead atoms. The van der Waals surface area contributed by atoms with Crippen LogP contribution in [0.2, 0.25) is 0 Å². The first kappa shape index (κ1) is 32.4. The zero-order chi connectivity index (χ0) is 32.6. The second kappa shape index (κ2) is 10.8. The summed E-state index contributed by atoms with van der Waals surface area (Å²) in [5, 5.41) is 4.66. The number of rotatable bonds is 5. The van der Waals surface area contributed by atoms with E-state index < -0.39 is 5.41 Å². The fourth-order valence-corrected chi connectivity index (χ4v) is 11.5. The summed E-state index contributed by atoms with van der Waals surface area (Å²) in [5.41, 5.74) is 2.09. The Balaban J connectivity index is 1.31. The monoisotopic (exact) mass is 619 g/mol. The molecular formula is C39H54FNO4. The molecule has 45 heavy (non-hydrogen) atoms. The van der Waals surface area contributed by atoms with Gasteiger partial charge in [-0.25, -0.2) is 4.39 Å². The molecule has 5 nitrogen and oxygen atoms in total. The Morgan fingerprint density at radius 2 is 1.73 bits per heavy atom. The molecule has 0 aliphatic heterocycles. The molecule has 8 atom stereocenters. The fraction of sp³-hybridized carbons (Fsp3) is 0.718. The molecule has 0 amide bonds. The summed E-state index contributed by atoms with van der Waals surface area (Å²) >= 11 is 0. The third-order valence-electron chi connectivity index (χ3n) is 14.4. The quantitative estimate of drug-likeness (QED) is 0.243. The van der Waals surface area contributed by atoms with Gasteiger partial charge in [0.05, 0.1) is 17.7 Å². The average Bonchev–Trinajstić information content (AvgIpc) is 2.96. The van der Waals surface area contributed by atoms with Crippen LogP contribution in [-0.4, -0.2) is 24.1 Å². The first-order valence-corrected chi connectivity index (χ1v) is 17.4. The third-order valence-corrected chi connectivity index (χ3v) is 14.4. The van der Waals surface area contributed by atoms with Crippen molar-refractivity contribution in [2.24, 2.45) is 55.4 Å². The molecule has 6 rings (SSSR count). The van der Waals surface area contributed by atoms with Gasteiger partial charge in [0.15, 0.2) is 5.78 Å². The van der Waals surface area contributed by atoms with E-state index in [9.17, 15) is 14.0 Å². The van der Waals surface area contributed by atoms with Gasteiger partial charge in [-0.1, -0.05) is 64.4 Å². The second-order valence-corrected chi connectivity index (χ2v) is 17.1. The zero-order valence-corrected chi connectivity index (χ0v) is 28.9. The number of hydrogen-bond acceptors (Lipinski definition) is 5. The van der Waals surface area contributed by atoms with Crippen LogP contribution in [-0.2, 0) is 25.8 Å². The van der Waals surface area contributed by atoms with Gasteiger partial charge in [-0.15, -0.1) is 0 Å². The summed E-state index contributed by atoms with van der Waals surface area (Å²) in [4.78, 5) is 33.7. The van der Waals surface area contributed by atoms with Crippen molar-refractivity contribution in [2.75, 3.05) is 6.61 Å². The van der Waals surface area contributed by atoms with Gasteiger partial charge in [0.25, 0.3) is 0 Å². The molecule has 0 spiro atoms. The molecular weight excluding hydrogens is 565 g/mol. The molecule has 0 N–H and O–H groups in total. The van der Waals surface area contributed by atoms with Crippen LogP contribution in [0.1, 0.15) is 119 Å². The number of oxime groups is 1. The molecule has 0 saturated heterocycles. The Hall–Kier alpha value is -2.50. The number of fused-ring (bicyclic) bond motifs is 7. The maximum absolute atomic E-state index is 14.7. The van der Waals surface area contributed by atoms with Gasteiger partial charge in [0.1, 0.15) is 12.4 Å². The molecule has 5 aliphatic rings. The van der Waals surface area contributed by atoms with Gasteiger partial charge < -0.3 is 9.57 Å². The van der Waals surface area contributed by atoms with Gasteiger partial charge in [-0.2, -0.15) is 0 Å². The van der Waals surface area contributed by atoms with E-state index in [1.165, 1.54) is 17.7 Å². The lowest BCUT2D eigenvalue weighted by Gasteiger charge is -2.70. The number of ketones is 1. The van der Waals surface area contributed by atoms with Gasteiger partial charge in [-0.3, -0.25) is 9.59 Å². The largest absolute Gasteiger partial charge is 0.466 e. The summed E-state index contributed by atoms with van der Waals surface area (Å²) < 4.78 is 19.3. The summed E-state index contributed by atoms with van der Waals surface area (Å²) in [6.45, 7) is 18.8. The fourth-order valence-electron chi connectivity index (χ4n) is 11.5. The number of esters is 1. The van der Waals surface area contributed by atoms with Gasteiger partial charge in [-0.05, 0) is 129 Å². The number of carbonyl (C=O) groups excluding carboxylic acids is 2. The highest BCUT2D eigenvalue weighted by Crippen LogP contribution is 2.75. The van der Waals surface area contributed by atoms with Crippen molar-refractivity contribution >= 4 is 17.5 Å². The van der Waals surface area contributed by atoms with Crippen LogP contribution >= 0.6 is 0 Å². The molecule has 4 fully saturated rings. The van der Waals surface area contributed by atoms with E-state index in [0.29, 0.717) is 18.3 Å². The summed E-state index contributed by atoms with van der Waals surface area (Å²) in [7, 11) is 0. The minimum absolute atomic E-state index is 0.0593. The Labute approximate surface area is 269 Å². The molecule has 4 saturated carbocycles. The zero-order valence-electron chi connectivity index (χ0n) is 28.9. The molecule has 0 radical (unpaired) electrons. The van der Waals surface area contributed by atoms with Gasteiger partial charge in [0.2, 0.25) is 0 Å². The van der Waals surface area contributed by atoms with E-state index in [2.05, 4.69) is 59.7 Å². The number of ether oxygens (including phenoxy) is 1. The Morgan fingerprint density at radius 3 is 2.44 bits per heavy atom. The number of benzene rings is 1. The Morgan fingerprint density at radius 1 is 1.00 bits per heavy atom. The second-order valence-electron chi connectivity index (χ2n) is 17.1. The lowest BCUT2D eigenvalue weighted by atomic mass is 9.33. The number of halogens is 1. The SMILES string of the molecule is CCOC(=O)[C@@]1(C)CC[C@]2(C)CC[C@]3(C)C(=CC(=O)[C@@H]4[C@@]5(C)CC/C(=N\OCc6cccc(F)c6)C(C)(C)[C@@H]5CC[C@]43C)[C@@H]2C1. The lowest BCUT2D eigenvalue weighted by molar-refractivity contribution is -0.177. The van der Waals surface area contributed by atoms with Crippen molar-refractivity contribution in [3.8, 4) is 0 Å². The van der Waals surface area contributed by atoms with Crippen LogP contribution in [0.3, 0.4) is 0 Å². The molecule has 1 aromatic carbocycles. The minimum Gasteiger partial charge on any atom is -0.466 e. The van der Waals surface area contributed by atoms with Crippen molar-refractivity contribution in [1.82, 2.24) is 0 Å². The van der Waals surface area contributed by atoms with Gasteiger partial charge in [0, 0.05) is 11.3 Å². The molecule has 246 valence electrons. The van der Waals surface area contributed by atoms with Gasteiger partial charge >= 0.3 is 5.97 Å². The molecule has 6 heteroatoms. The summed E-state index contributed by atoms with van der Waals surface area (Å²) in [6.07, 6.45) is 10.6. The molecule has 5 aliphatic carbocycles. The highest BCUT2D eigenvalue weighted by atomic mass is 19.1. The first-order valence-electron chi connectivity index (χ1n) is 17.4. The highest BCUT2D eigenvalue weighted by Gasteiger charge is 2.70. The van der Waals surface area contributed by atoms with E-state index in [1.54, 1.807) is 6.07 Å². The van der Waals surface area contributed by atoms with Crippen LogP contribution < -0.4 is 0 Å². The lowest BCUT2D eigenvalue weighted by Crippen LogP contribution is -2.66.